The predicted octanol–water partition coefficient (Wildman–Crippen LogP) is 4.23. The van der Waals surface area contributed by atoms with Crippen molar-refractivity contribution in [3.05, 3.63) is 90.0 Å². The van der Waals surface area contributed by atoms with Crippen molar-refractivity contribution in [2.75, 3.05) is 6.61 Å². The van der Waals surface area contributed by atoms with Crippen molar-refractivity contribution in [1.29, 1.82) is 5.26 Å². The van der Waals surface area contributed by atoms with Gasteiger partial charge in [0.25, 0.3) is 0 Å². The fraction of sp³-hybridized carbons (Fsp3) is 0.167. The highest BCUT2D eigenvalue weighted by Gasteiger charge is 2.32. The van der Waals surface area contributed by atoms with Crippen LogP contribution in [0.25, 0.3) is 11.5 Å². The van der Waals surface area contributed by atoms with Crippen LogP contribution in [0, 0.1) is 18.3 Å². The molecule has 0 saturated carbocycles. The van der Waals surface area contributed by atoms with E-state index in [4.69, 9.17) is 14.5 Å². The fourth-order valence-corrected chi connectivity index (χ4v) is 3.81. The zero-order chi connectivity index (χ0) is 20.5. The van der Waals surface area contributed by atoms with E-state index in [1.807, 2.05) is 89.4 Å². The number of nitrogens with zero attached hydrogens (tertiary/aromatic N) is 4. The Morgan fingerprint density at radius 1 is 1.07 bits per heavy atom. The normalized spacial score (nSPS) is 14.7. The average Bonchev–Trinajstić information content (AvgIpc) is 3.53. The van der Waals surface area contributed by atoms with Crippen LogP contribution in [0.2, 0.25) is 0 Å². The number of nitriles is 1. The SMILES string of the molecule is Cc1ccccc1OC[C@H]1Cc2c(nc(-n3cccc3)c(C#N)c2-n2cccc2)O1. The molecule has 4 heterocycles. The topological polar surface area (TPSA) is 65.0 Å². The molecule has 6 heteroatoms. The summed E-state index contributed by atoms with van der Waals surface area (Å²) in [7, 11) is 0. The van der Waals surface area contributed by atoms with Gasteiger partial charge in [0.2, 0.25) is 5.88 Å². The maximum absolute atomic E-state index is 9.99. The number of hydrogen-bond donors (Lipinski definition) is 0. The Bertz CT molecular complexity index is 1220. The molecule has 30 heavy (non-hydrogen) atoms. The first-order chi connectivity index (χ1) is 14.7. The predicted molar refractivity (Wildman–Crippen MR) is 112 cm³/mol. The first kappa shape index (κ1) is 18.1. The number of rotatable bonds is 5. The Morgan fingerprint density at radius 3 is 2.47 bits per heavy atom. The Balaban J connectivity index is 1.52. The van der Waals surface area contributed by atoms with Crippen molar-refractivity contribution in [2.24, 2.45) is 0 Å². The van der Waals surface area contributed by atoms with E-state index >= 15 is 0 Å². The Labute approximate surface area is 174 Å². The van der Waals surface area contributed by atoms with Gasteiger partial charge >= 0.3 is 0 Å². The van der Waals surface area contributed by atoms with Crippen LogP contribution in [0.5, 0.6) is 11.6 Å². The zero-order valence-electron chi connectivity index (χ0n) is 16.5. The number of aromatic nitrogens is 3. The molecule has 0 aliphatic carbocycles. The summed E-state index contributed by atoms with van der Waals surface area (Å²) < 4.78 is 16.0. The summed E-state index contributed by atoms with van der Waals surface area (Å²) >= 11 is 0. The molecule has 0 bridgehead atoms. The van der Waals surface area contributed by atoms with Gasteiger partial charge in [-0.25, -0.2) is 0 Å². The highest BCUT2D eigenvalue weighted by molar-refractivity contribution is 5.65. The quantitative estimate of drug-likeness (QED) is 0.506. The molecule has 0 fully saturated rings. The lowest BCUT2D eigenvalue weighted by atomic mass is 10.1. The summed E-state index contributed by atoms with van der Waals surface area (Å²) in [6.07, 6.45) is 8.08. The lowest BCUT2D eigenvalue weighted by molar-refractivity contribution is 0.144. The first-order valence-electron chi connectivity index (χ1n) is 9.83. The van der Waals surface area contributed by atoms with Crippen LogP contribution in [0.1, 0.15) is 16.7 Å². The lowest BCUT2D eigenvalue weighted by Gasteiger charge is -2.14. The molecular formula is C24H20N4O2. The molecule has 1 aliphatic heterocycles. The second kappa shape index (κ2) is 7.45. The van der Waals surface area contributed by atoms with E-state index in [9.17, 15) is 5.26 Å². The van der Waals surface area contributed by atoms with Gasteiger partial charge in [0.15, 0.2) is 5.82 Å². The van der Waals surface area contributed by atoms with E-state index in [1.165, 1.54) is 0 Å². The number of fused-ring (bicyclic) bond motifs is 1. The maximum atomic E-state index is 9.99. The summed E-state index contributed by atoms with van der Waals surface area (Å²) in [6.45, 7) is 2.43. The van der Waals surface area contributed by atoms with E-state index < -0.39 is 0 Å². The molecule has 1 aliphatic rings. The second-order valence-electron chi connectivity index (χ2n) is 7.26. The molecular weight excluding hydrogens is 376 g/mol. The maximum Gasteiger partial charge on any atom is 0.221 e. The molecule has 4 aromatic rings. The number of benzene rings is 1. The second-order valence-corrected chi connectivity index (χ2v) is 7.26. The molecule has 0 spiro atoms. The monoisotopic (exact) mass is 396 g/mol. The van der Waals surface area contributed by atoms with Gasteiger partial charge in [0.05, 0.1) is 5.69 Å². The minimum atomic E-state index is -0.173. The van der Waals surface area contributed by atoms with Crippen LogP contribution >= 0.6 is 0 Å². The van der Waals surface area contributed by atoms with Gasteiger partial charge in [-0.1, -0.05) is 18.2 Å². The van der Waals surface area contributed by atoms with Gasteiger partial charge in [-0.3, -0.25) is 0 Å². The van der Waals surface area contributed by atoms with Crippen molar-refractivity contribution >= 4 is 0 Å². The highest BCUT2D eigenvalue weighted by Crippen LogP contribution is 2.37. The van der Waals surface area contributed by atoms with Gasteiger partial charge in [-0.05, 0) is 42.8 Å². The number of hydrogen-bond acceptors (Lipinski definition) is 4. The summed E-state index contributed by atoms with van der Waals surface area (Å²) in [4.78, 5) is 4.71. The van der Waals surface area contributed by atoms with E-state index in [2.05, 4.69) is 6.07 Å². The molecule has 3 aromatic heterocycles. The molecule has 6 nitrogen and oxygen atoms in total. The number of pyridine rings is 1. The van der Waals surface area contributed by atoms with Crippen LogP contribution < -0.4 is 9.47 Å². The number of para-hydroxylation sites is 1. The third-order valence-electron chi connectivity index (χ3n) is 5.26. The Kier molecular flexibility index (Phi) is 4.49. The third-order valence-corrected chi connectivity index (χ3v) is 5.26. The summed E-state index contributed by atoms with van der Waals surface area (Å²) in [5, 5.41) is 9.99. The molecule has 0 N–H and O–H groups in total. The molecule has 1 atom stereocenters. The van der Waals surface area contributed by atoms with Crippen LogP contribution in [0.15, 0.2) is 73.3 Å². The van der Waals surface area contributed by atoms with Gasteiger partial charge in [-0.2, -0.15) is 10.2 Å². The van der Waals surface area contributed by atoms with Crippen molar-refractivity contribution < 1.29 is 9.47 Å². The average molecular weight is 396 g/mol. The van der Waals surface area contributed by atoms with Gasteiger partial charge in [0, 0.05) is 36.8 Å². The summed E-state index contributed by atoms with van der Waals surface area (Å²) in [5.74, 6) is 1.96. The van der Waals surface area contributed by atoms with Crippen LogP contribution in [-0.4, -0.2) is 26.8 Å². The fourth-order valence-electron chi connectivity index (χ4n) is 3.81. The molecule has 0 saturated heterocycles. The van der Waals surface area contributed by atoms with E-state index in [0.29, 0.717) is 30.3 Å². The van der Waals surface area contributed by atoms with Crippen molar-refractivity contribution in [3.63, 3.8) is 0 Å². The van der Waals surface area contributed by atoms with Crippen LogP contribution in [-0.2, 0) is 6.42 Å². The van der Waals surface area contributed by atoms with E-state index in [-0.39, 0.29) is 6.10 Å². The van der Waals surface area contributed by atoms with Crippen molar-refractivity contribution in [3.8, 4) is 29.2 Å². The summed E-state index contributed by atoms with van der Waals surface area (Å²) in [6, 6.07) is 18.0. The van der Waals surface area contributed by atoms with E-state index in [1.54, 1.807) is 0 Å². The molecule has 1 aromatic carbocycles. The van der Waals surface area contributed by atoms with E-state index in [0.717, 1.165) is 22.6 Å². The number of aryl methyl sites for hydroxylation is 1. The molecule has 0 amide bonds. The third kappa shape index (κ3) is 3.11. The zero-order valence-corrected chi connectivity index (χ0v) is 16.5. The van der Waals surface area contributed by atoms with Gasteiger partial charge in [0.1, 0.15) is 30.1 Å². The van der Waals surface area contributed by atoms with Gasteiger partial charge in [-0.15, -0.1) is 0 Å². The Hall–Kier alpha value is -3.98. The Morgan fingerprint density at radius 2 is 1.77 bits per heavy atom. The van der Waals surface area contributed by atoms with Crippen molar-refractivity contribution in [1.82, 2.24) is 14.1 Å². The van der Waals surface area contributed by atoms with Crippen LogP contribution in [0.3, 0.4) is 0 Å². The smallest absolute Gasteiger partial charge is 0.221 e. The minimum absolute atomic E-state index is 0.173. The van der Waals surface area contributed by atoms with Crippen molar-refractivity contribution in [2.45, 2.75) is 19.4 Å². The lowest BCUT2D eigenvalue weighted by Crippen LogP contribution is -2.22. The minimum Gasteiger partial charge on any atom is -0.489 e. The summed E-state index contributed by atoms with van der Waals surface area (Å²) in [5.41, 5.74) is 3.35. The van der Waals surface area contributed by atoms with Crippen LogP contribution in [0.4, 0.5) is 0 Å². The molecule has 0 radical (unpaired) electrons. The first-order valence-corrected chi connectivity index (χ1v) is 9.83. The standard InChI is InChI=1S/C24H20N4O2/c1-17-8-2-3-9-21(17)29-16-18-14-19-22(27-10-4-5-11-27)20(15-25)23(26-24(19)30-18)28-12-6-7-13-28/h2-13,18H,14,16H2,1H3/t18-/m1/s1. The molecule has 148 valence electrons. The molecule has 5 rings (SSSR count). The largest absolute Gasteiger partial charge is 0.489 e. The molecule has 0 unspecified atom stereocenters. The van der Waals surface area contributed by atoms with Gasteiger partial charge < -0.3 is 18.6 Å². The highest BCUT2D eigenvalue weighted by atomic mass is 16.5. The number of ether oxygens (including phenoxy) is 2.